The van der Waals surface area contributed by atoms with Crippen molar-refractivity contribution in [1.82, 2.24) is 24.3 Å². The molecule has 6 rings (SSSR count). The highest BCUT2D eigenvalue weighted by Crippen LogP contribution is 2.40. The van der Waals surface area contributed by atoms with Crippen LogP contribution in [0, 0.1) is 0 Å². The molecule has 0 saturated carbocycles. The molecule has 9 heteroatoms. The minimum Gasteiger partial charge on any atom is -0.495 e. The number of fused-ring (bicyclic) bond motifs is 4. The van der Waals surface area contributed by atoms with Crippen LogP contribution in [0.25, 0.3) is 33.1 Å². The Bertz CT molecular complexity index is 1400. The molecule has 0 aliphatic carbocycles. The maximum atomic E-state index is 13.6. The first kappa shape index (κ1) is 19.4. The Balaban J connectivity index is 1.53. The average Bonchev–Trinajstić information content (AvgIpc) is 3.43. The molecular weight excluding hydrogens is 406 g/mol. The van der Waals surface area contributed by atoms with Crippen molar-refractivity contribution in [3.63, 3.8) is 0 Å². The summed E-state index contributed by atoms with van der Waals surface area (Å²) in [5.74, 6) is 1.43. The highest BCUT2D eigenvalue weighted by atomic mass is 16.5. The Labute approximate surface area is 184 Å². The number of rotatable bonds is 3. The predicted molar refractivity (Wildman–Crippen MR) is 124 cm³/mol. The van der Waals surface area contributed by atoms with Crippen LogP contribution in [0.3, 0.4) is 0 Å². The summed E-state index contributed by atoms with van der Waals surface area (Å²) in [5, 5.41) is 5.94. The Morgan fingerprint density at radius 3 is 2.62 bits per heavy atom. The third kappa shape index (κ3) is 2.63. The van der Waals surface area contributed by atoms with E-state index in [9.17, 15) is 4.79 Å². The molecule has 0 spiro atoms. The summed E-state index contributed by atoms with van der Waals surface area (Å²) in [6.45, 7) is 0. The number of nitrogens with zero attached hydrogens (tertiary/aromatic N) is 5. The molecule has 2 fully saturated rings. The summed E-state index contributed by atoms with van der Waals surface area (Å²) < 4.78 is 9.22. The van der Waals surface area contributed by atoms with Gasteiger partial charge in [-0.15, -0.1) is 0 Å². The van der Waals surface area contributed by atoms with Crippen LogP contribution in [0.2, 0.25) is 0 Å². The normalized spacial score (nSPS) is 22.9. The van der Waals surface area contributed by atoms with Crippen LogP contribution in [0.15, 0.2) is 29.3 Å². The summed E-state index contributed by atoms with van der Waals surface area (Å²) in [7, 11) is 5.34. The van der Waals surface area contributed by atoms with Gasteiger partial charge in [0.1, 0.15) is 11.4 Å². The zero-order chi connectivity index (χ0) is 22.1. The monoisotopic (exact) mass is 433 g/mol. The number of aromatic amines is 1. The van der Waals surface area contributed by atoms with Crippen molar-refractivity contribution >= 4 is 27.9 Å². The zero-order valence-electron chi connectivity index (χ0n) is 18.5. The van der Waals surface area contributed by atoms with Gasteiger partial charge in [-0.2, -0.15) is 10.1 Å². The number of nitrogens with two attached hydrogens (primary N) is 1. The lowest BCUT2D eigenvalue weighted by Crippen LogP contribution is -2.49. The molecule has 1 aromatic carbocycles. The van der Waals surface area contributed by atoms with Gasteiger partial charge in [0.2, 0.25) is 5.95 Å². The Morgan fingerprint density at radius 1 is 1.16 bits per heavy atom. The van der Waals surface area contributed by atoms with Gasteiger partial charge >= 0.3 is 0 Å². The number of aryl methyl sites for hydroxylation is 1. The van der Waals surface area contributed by atoms with E-state index in [2.05, 4.69) is 15.0 Å². The number of piperidine rings is 1. The Hall–Kier alpha value is -3.33. The molecule has 32 heavy (non-hydrogen) atoms. The highest BCUT2D eigenvalue weighted by molar-refractivity contribution is 6.00. The van der Waals surface area contributed by atoms with E-state index in [1.165, 1.54) is 0 Å². The smallest absolute Gasteiger partial charge is 0.264 e. The summed E-state index contributed by atoms with van der Waals surface area (Å²) in [4.78, 5) is 24.1. The van der Waals surface area contributed by atoms with Crippen molar-refractivity contribution in [3.8, 4) is 16.9 Å². The van der Waals surface area contributed by atoms with Gasteiger partial charge in [0.25, 0.3) is 5.56 Å². The van der Waals surface area contributed by atoms with Gasteiger partial charge in [-0.05, 0) is 37.8 Å². The van der Waals surface area contributed by atoms with E-state index in [0.29, 0.717) is 28.9 Å². The van der Waals surface area contributed by atoms with E-state index >= 15 is 0 Å². The van der Waals surface area contributed by atoms with Gasteiger partial charge < -0.3 is 20.4 Å². The molecule has 2 aliphatic rings. The van der Waals surface area contributed by atoms with Crippen LogP contribution >= 0.6 is 0 Å². The lowest BCUT2D eigenvalue weighted by molar-refractivity contribution is 0.405. The van der Waals surface area contributed by atoms with Crippen molar-refractivity contribution in [2.45, 2.75) is 43.8 Å². The Kier molecular flexibility index (Phi) is 4.13. The molecule has 0 radical (unpaired) electrons. The van der Waals surface area contributed by atoms with Gasteiger partial charge in [-0.25, -0.2) is 0 Å². The number of hydrogen-bond donors (Lipinski definition) is 2. The number of aromatic nitrogens is 5. The topological polar surface area (TPSA) is 107 Å². The van der Waals surface area contributed by atoms with E-state index in [-0.39, 0.29) is 11.6 Å². The molecule has 2 aliphatic heterocycles. The van der Waals surface area contributed by atoms with E-state index in [1.54, 1.807) is 16.4 Å². The third-order valence-corrected chi connectivity index (χ3v) is 7.14. The molecule has 3 N–H and O–H groups in total. The molecule has 0 amide bonds. The minimum atomic E-state index is -0.0659. The lowest BCUT2D eigenvalue weighted by atomic mass is 9.98. The van der Waals surface area contributed by atoms with Gasteiger partial charge in [0, 0.05) is 55.7 Å². The number of benzene rings is 1. The largest absolute Gasteiger partial charge is 0.495 e. The van der Waals surface area contributed by atoms with Crippen LogP contribution in [-0.2, 0) is 14.1 Å². The van der Waals surface area contributed by atoms with Gasteiger partial charge in [0.15, 0.2) is 0 Å². The van der Waals surface area contributed by atoms with Gasteiger partial charge in [-0.3, -0.25) is 14.0 Å². The van der Waals surface area contributed by atoms with E-state index < -0.39 is 0 Å². The van der Waals surface area contributed by atoms with Crippen LogP contribution < -0.4 is 20.9 Å². The Morgan fingerprint density at radius 2 is 1.91 bits per heavy atom. The number of nitrogens with one attached hydrogen (secondary N) is 1. The summed E-state index contributed by atoms with van der Waals surface area (Å²) in [6, 6.07) is 4.84. The predicted octanol–water partition coefficient (Wildman–Crippen LogP) is 2.28. The van der Waals surface area contributed by atoms with E-state index in [1.807, 2.05) is 38.6 Å². The fourth-order valence-corrected chi connectivity index (χ4v) is 5.76. The number of H-pyrrole nitrogens is 1. The van der Waals surface area contributed by atoms with Gasteiger partial charge in [0.05, 0.1) is 23.4 Å². The quantitative estimate of drug-likeness (QED) is 0.513. The van der Waals surface area contributed by atoms with Crippen molar-refractivity contribution < 1.29 is 4.74 Å². The second kappa shape index (κ2) is 6.83. The fourth-order valence-electron chi connectivity index (χ4n) is 5.76. The molecule has 2 bridgehead atoms. The maximum absolute atomic E-state index is 13.6. The molecule has 5 heterocycles. The molecule has 4 aromatic rings. The molecule has 9 nitrogen and oxygen atoms in total. The highest BCUT2D eigenvalue weighted by Gasteiger charge is 2.41. The molecule has 166 valence electrons. The number of ether oxygens (including phenoxy) is 1. The van der Waals surface area contributed by atoms with Crippen LogP contribution in [0.5, 0.6) is 5.75 Å². The van der Waals surface area contributed by atoms with E-state index in [0.717, 1.165) is 53.7 Å². The zero-order valence-corrected chi connectivity index (χ0v) is 18.5. The fraction of sp³-hybridized carbons (Fsp3) is 0.435. The maximum Gasteiger partial charge on any atom is 0.264 e. The number of anilines is 1. The number of methoxy groups -OCH3 is 1. The molecule has 0 unspecified atom stereocenters. The summed E-state index contributed by atoms with van der Waals surface area (Å²) in [5.41, 5.74) is 9.26. The SMILES string of the molecule is COc1c(-c2c[nH]c3nc(N4[C@@H]5CC[C@H]4C[C@@H](N)C5)n(C)c(=O)c23)ccc2nn(C)cc12. The summed E-state index contributed by atoms with van der Waals surface area (Å²) in [6.07, 6.45) is 7.88. The first-order valence-corrected chi connectivity index (χ1v) is 11.1. The number of hydrogen-bond acceptors (Lipinski definition) is 6. The molecule has 3 atom stereocenters. The van der Waals surface area contributed by atoms with Crippen LogP contribution in [-0.4, -0.2) is 49.6 Å². The molecule has 2 saturated heterocycles. The standard InChI is InChI=1S/C23H27N7O2/c1-28-11-17-18(27-28)7-6-15(20(17)32-3)16-10-25-21-19(16)22(31)29(2)23(26-21)30-13-4-5-14(30)9-12(24)8-13/h6-7,10-14,25H,4-5,8-9,24H2,1-3H3/t12-,13+,14-. The van der Waals surface area contributed by atoms with Crippen molar-refractivity contribution in [2.24, 2.45) is 19.8 Å². The van der Waals surface area contributed by atoms with Crippen LogP contribution in [0.4, 0.5) is 5.95 Å². The van der Waals surface area contributed by atoms with Crippen molar-refractivity contribution in [1.29, 1.82) is 0 Å². The van der Waals surface area contributed by atoms with E-state index in [4.69, 9.17) is 15.5 Å². The molecular formula is C23H27N7O2. The first-order chi connectivity index (χ1) is 15.5. The summed E-state index contributed by atoms with van der Waals surface area (Å²) >= 11 is 0. The first-order valence-electron chi connectivity index (χ1n) is 11.1. The average molecular weight is 434 g/mol. The minimum absolute atomic E-state index is 0.0659. The lowest BCUT2D eigenvalue weighted by Gasteiger charge is -2.38. The van der Waals surface area contributed by atoms with Crippen LogP contribution in [0.1, 0.15) is 25.7 Å². The third-order valence-electron chi connectivity index (χ3n) is 7.14. The van der Waals surface area contributed by atoms with Gasteiger partial charge in [-0.1, -0.05) is 0 Å². The second-order valence-corrected chi connectivity index (χ2v) is 9.11. The second-order valence-electron chi connectivity index (χ2n) is 9.11. The van der Waals surface area contributed by atoms with Crippen molar-refractivity contribution in [2.75, 3.05) is 12.0 Å². The molecule has 3 aromatic heterocycles. The van der Waals surface area contributed by atoms with Crippen molar-refractivity contribution in [3.05, 3.63) is 34.9 Å².